The smallest absolute Gasteiger partial charge is 0.0594 e. The number of morpholine rings is 2. The number of ether oxygens (including phenoxy) is 2. The monoisotopic (exact) mass is 366 g/mol. The van der Waals surface area contributed by atoms with E-state index in [1.165, 1.54) is 38.5 Å². The van der Waals surface area contributed by atoms with Gasteiger partial charge in [0.25, 0.3) is 0 Å². The van der Waals surface area contributed by atoms with Crippen LogP contribution in [0.25, 0.3) is 0 Å². The second kappa shape index (κ2) is 9.23. The highest BCUT2D eigenvalue weighted by Gasteiger charge is 2.39. The molecular weight excluding hydrogens is 332 g/mol. The molecule has 4 rings (SSSR count). The summed E-state index contributed by atoms with van der Waals surface area (Å²) >= 11 is 2.33. The minimum atomic E-state index is 0.743. The molecule has 0 aromatic carbocycles. The summed E-state index contributed by atoms with van der Waals surface area (Å²) in [6.07, 6.45) is 12.8. The van der Waals surface area contributed by atoms with Crippen molar-refractivity contribution < 1.29 is 9.47 Å². The highest BCUT2D eigenvalue weighted by molar-refractivity contribution is 8.00. The summed E-state index contributed by atoms with van der Waals surface area (Å²) in [5.74, 6) is 0. The lowest BCUT2D eigenvalue weighted by atomic mass is 9.96. The van der Waals surface area contributed by atoms with E-state index in [4.69, 9.17) is 9.47 Å². The summed E-state index contributed by atoms with van der Waals surface area (Å²) < 4.78 is 11.2. The standard InChI is InChI=1S/C20H34N2O2S/c1-2-4-6-18(22-11-15-24-16-12-22)20-8-7-19(25-20)17(5-3-1)21-9-13-23-14-10-21/h1-2,17-20H,3-16H2/b2-1+. The Morgan fingerprint density at radius 1 is 0.640 bits per heavy atom. The molecule has 0 aliphatic carbocycles. The van der Waals surface area contributed by atoms with Crippen molar-refractivity contribution in [1.82, 2.24) is 9.80 Å². The molecule has 4 unspecified atom stereocenters. The van der Waals surface area contributed by atoms with E-state index >= 15 is 0 Å². The number of nitrogens with zero attached hydrogens (tertiary/aromatic N) is 2. The van der Waals surface area contributed by atoms with Crippen molar-refractivity contribution in [1.29, 1.82) is 0 Å². The van der Waals surface area contributed by atoms with Gasteiger partial charge in [-0.3, -0.25) is 9.80 Å². The highest BCUT2D eigenvalue weighted by Crippen LogP contribution is 2.42. The van der Waals surface area contributed by atoms with Crippen LogP contribution in [0.2, 0.25) is 0 Å². The summed E-state index contributed by atoms with van der Waals surface area (Å²) in [6, 6.07) is 1.49. The zero-order valence-electron chi connectivity index (χ0n) is 15.5. The number of allylic oxidation sites excluding steroid dienone is 2. The third-order valence-electron chi connectivity index (χ3n) is 6.40. The number of hydrogen-bond acceptors (Lipinski definition) is 5. The van der Waals surface area contributed by atoms with E-state index in [2.05, 4.69) is 33.7 Å². The Balaban J connectivity index is 1.47. The SMILES string of the molecule is C1=C/CCC(N2CCOCC2)C2CCC(S2)C(N2CCOCC2)CC/1. The van der Waals surface area contributed by atoms with Crippen molar-refractivity contribution in [3.05, 3.63) is 12.2 Å². The predicted octanol–water partition coefficient (Wildman–Crippen LogP) is 2.78. The average Bonchev–Trinajstić information content (AvgIpc) is 3.12. The Labute approximate surface area is 157 Å². The Morgan fingerprint density at radius 2 is 1.08 bits per heavy atom. The second-order valence-electron chi connectivity index (χ2n) is 7.85. The molecule has 5 heteroatoms. The fourth-order valence-electron chi connectivity index (χ4n) is 5.05. The molecule has 0 spiro atoms. The zero-order chi connectivity index (χ0) is 16.9. The molecule has 0 saturated carbocycles. The first kappa shape index (κ1) is 18.3. The van der Waals surface area contributed by atoms with Gasteiger partial charge in [0.2, 0.25) is 0 Å². The number of thioether (sulfide) groups is 1. The van der Waals surface area contributed by atoms with Crippen molar-refractivity contribution >= 4 is 11.8 Å². The van der Waals surface area contributed by atoms with Crippen LogP contribution in [0.4, 0.5) is 0 Å². The van der Waals surface area contributed by atoms with Gasteiger partial charge in [-0.25, -0.2) is 0 Å². The van der Waals surface area contributed by atoms with E-state index < -0.39 is 0 Å². The van der Waals surface area contributed by atoms with Crippen molar-refractivity contribution in [2.45, 2.75) is 61.1 Å². The van der Waals surface area contributed by atoms with Gasteiger partial charge in [0, 0.05) is 48.8 Å². The van der Waals surface area contributed by atoms with Crippen LogP contribution in [0.3, 0.4) is 0 Å². The molecule has 4 aliphatic rings. The molecule has 0 radical (unpaired) electrons. The maximum absolute atomic E-state index is 5.61. The number of rotatable bonds is 2. The normalized spacial score (nSPS) is 40.5. The van der Waals surface area contributed by atoms with Crippen molar-refractivity contribution in [2.75, 3.05) is 52.6 Å². The Hall–Kier alpha value is -0.0700. The van der Waals surface area contributed by atoms with Crippen molar-refractivity contribution in [2.24, 2.45) is 0 Å². The molecule has 0 amide bonds. The molecule has 4 atom stereocenters. The van der Waals surface area contributed by atoms with Gasteiger partial charge < -0.3 is 9.47 Å². The van der Waals surface area contributed by atoms with Crippen LogP contribution < -0.4 is 0 Å². The topological polar surface area (TPSA) is 24.9 Å². The Bertz CT molecular complexity index is 397. The lowest BCUT2D eigenvalue weighted by Crippen LogP contribution is -2.48. The van der Waals surface area contributed by atoms with Crippen LogP contribution in [0, 0.1) is 0 Å². The highest BCUT2D eigenvalue weighted by atomic mass is 32.2. The predicted molar refractivity (Wildman–Crippen MR) is 104 cm³/mol. The summed E-state index contributed by atoms with van der Waals surface area (Å²) in [5.41, 5.74) is 0. The third kappa shape index (κ3) is 4.62. The summed E-state index contributed by atoms with van der Waals surface area (Å²) in [4.78, 5) is 5.47. The first-order valence-corrected chi connectivity index (χ1v) is 11.3. The maximum atomic E-state index is 5.61. The fraction of sp³-hybridized carbons (Fsp3) is 0.900. The van der Waals surface area contributed by atoms with E-state index in [-0.39, 0.29) is 0 Å². The third-order valence-corrected chi connectivity index (χ3v) is 8.20. The quantitative estimate of drug-likeness (QED) is 0.700. The molecular formula is C20H34N2O2S. The van der Waals surface area contributed by atoms with Gasteiger partial charge in [0.05, 0.1) is 26.4 Å². The van der Waals surface area contributed by atoms with Gasteiger partial charge in [-0.05, 0) is 38.5 Å². The molecule has 3 fully saturated rings. The lowest BCUT2D eigenvalue weighted by molar-refractivity contribution is 0.0133. The molecule has 0 aromatic heterocycles. The molecule has 25 heavy (non-hydrogen) atoms. The van der Waals surface area contributed by atoms with Gasteiger partial charge in [-0.15, -0.1) is 0 Å². The summed E-state index contributed by atoms with van der Waals surface area (Å²) in [6.45, 7) is 8.19. The molecule has 4 aliphatic heterocycles. The summed E-state index contributed by atoms with van der Waals surface area (Å²) in [7, 11) is 0. The van der Waals surface area contributed by atoms with Crippen molar-refractivity contribution in [3.63, 3.8) is 0 Å². The molecule has 3 saturated heterocycles. The van der Waals surface area contributed by atoms with Crippen LogP contribution in [0.5, 0.6) is 0 Å². The Morgan fingerprint density at radius 3 is 1.52 bits per heavy atom. The molecule has 4 heterocycles. The van der Waals surface area contributed by atoms with Gasteiger partial charge >= 0.3 is 0 Å². The molecule has 2 bridgehead atoms. The average molecular weight is 367 g/mol. The maximum Gasteiger partial charge on any atom is 0.0594 e. The first-order valence-electron chi connectivity index (χ1n) is 10.4. The minimum absolute atomic E-state index is 0.743. The van der Waals surface area contributed by atoms with Crippen LogP contribution in [-0.4, -0.2) is 85.0 Å². The van der Waals surface area contributed by atoms with Crippen LogP contribution in [0.15, 0.2) is 12.2 Å². The van der Waals surface area contributed by atoms with E-state index in [9.17, 15) is 0 Å². The molecule has 0 N–H and O–H groups in total. The van der Waals surface area contributed by atoms with Gasteiger partial charge in [0.1, 0.15) is 0 Å². The molecule has 0 aromatic rings. The van der Waals surface area contributed by atoms with Crippen molar-refractivity contribution in [3.8, 4) is 0 Å². The zero-order valence-corrected chi connectivity index (χ0v) is 16.3. The first-order chi connectivity index (χ1) is 12.4. The largest absolute Gasteiger partial charge is 0.379 e. The van der Waals surface area contributed by atoms with Crippen LogP contribution >= 0.6 is 11.8 Å². The second-order valence-corrected chi connectivity index (χ2v) is 9.33. The number of hydrogen-bond donors (Lipinski definition) is 0. The van der Waals surface area contributed by atoms with E-state index in [1.54, 1.807) is 0 Å². The summed E-state index contributed by atoms with van der Waals surface area (Å²) in [5, 5.41) is 1.64. The lowest BCUT2D eigenvalue weighted by Gasteiger charge is -2.39. The van der Waals surface area contributed by atoms with Crippen LogP contribution in [0.1, 0.15) is 38.5 Å². The minimum Gasteiger partial charge on any atom is -0.379 e. The van der Waals surface area contributed by atoms with E-state index in [1.807, 2.05) is 0 Å². The van der Waals surface area contributed by atoms with Gasteiger partial charge in [-0.2, -0.15) is 11.8 Å². The van der Waals surface area contributed by atoms with Crippen LogP contribution in [-0.2, 0) is 9.47 Å². The van der Waals surface area contributed by atoms with E-state index in [0.717, 1.165) is 75.2 Å². The van der Waals surface area contributed by atoms with Gasteiger partial charge in [0.15, 0.2) is 0 Å². The fourth-order valence-corrected chi connectivity index (χ4v) is 7.02. The van der Waals surface area contributed by atoms with E-state index in [0.29, 0.717) is 0 Å². The molecule has 4 nitrogen and oxygen atoms in total. The Kier molecular flexibility index (Phi) is 6.75. The molecule has 142 valence electrons. The number of fused-ring (bicyclic) bond motifs is 2. The van der Waals surface area contributed by atoms with Gasteiger partial charge in [-0.1, -0.05) is 12.2 Å².